The summed E-state index contributed by atoms with van der Waals surface area (Å²) in [6.45, 7) is 4.08. The van der Waals surface area contributed by atoms with Crippen molar-refractivity contribution < 1.29 is 14.5 Å². The lowest BCUT2D eigenvalue weighted by molar-refractivity contribution is -0.364. The van der Waals surface area contributed by atoms with Crippen molar-refractivity contribution in [3.8, 4) is 12.0 Å². The molecule has 2 aromatic heterocycles. The Balaban J connectivity index is 2.30. The molecule has 2 heterocycles. The molecular weight excluding hydrogens is 234 g/mol. The zero-order valence-corrected chi connectivity index (χ0v) is 10.8. The van der Waals surface area contributed by atoms with Gasteiger partial charge in [0, 0.05) is 0 Å². The smallest absolute Gasteiger partial charge is 0.397 e. The van der Waals surface area contributed by atoms with Gasteiger partial charge in [0.1, 0.15) is 6.10 Å². The second-order valence-corrected chi connectivity index (χ2v) is 4.12. The average molecular weight is 252 g/mol. The molecule has 1 unspecified atom stereocenters. The Bertz CT molecular complexity index is 539. The van der Waals surface area contributed by atoms with Gasteiger partial charge in [-0.1, -0.05) is 13.3 Å². The largest absolute Gasteiger partial charge is 0.448 e. The number of imidazole rings is 1. The Morgan fingerprint density at radius 3 is 2.89 bits per heavy atom. The van der Waals surface area contributed by atoms with Gasteiger partial charge < -0.3 is 15.2 Å². The summed E-state index contributed by atoms with van der Waals surface area (Å²) in [6.07, 6.45) is 2.05. The molecule has 7 nitrogen and oxygen atoms in total. The van der Waals surface area contributed by atoms with Crippen LogP contribution in [0, 0.1) is 0 Å². The van der Waals surface area contributed by atoms with Gasteiger partial charge in [-0.25, -0.2) is 9.97 Å². The van der Waals surface area contributed by atoms with E-state index in [1.54, 1.807) is 7.11 Å². The van der Waals surface area contributed by atoms with Gasteiger partial charge in [-0.05, 0) is 18.3 Å². The summed E-state index contributed by atoms with van der Waals surface area (Å²) in [6, 6.07) is 0.753. The molecule has 0 saturated carbocycles. The van der Waals surface area contributed by atoms with Gasteiger partial charge in [0.05, 0.1) is 7.11 Å². The number of ether oxygens (including phenoxy) is 2. The third kappa shape index (κ3) is 2.44. The van der Waals surface area contributed by atoms with E-state index in [1.165, 1.54) is 0 Å². The molecule has 1 atom stereocenters. The third-order valence-corrected chi connectivity index (χ3v) is 2.59. The lowest BCUT2D eigenvalue weighted by Gasteiger charge is -2.09. The molecule has 0 fully saturated rings. The van der Waals surface area contributed by atoms with Crippen LogP contribution in [0.4, 0.5) is 5.82 Å². The Morgan fingerprint density at radius 2 is 2.22 bits per heavy atom. The first kappa shape index (κ1) is 12.4. The molecule has 2 aromatic rings. The highest BCUT2D eigenvalue weighted by molar-refractivity contribution is 5.79. The van der Waals surface area contributed by atoms with Crippen LogP contribution >= 0.6 is 0 Å². The third-order valence-electron chi connectivity index (χ3n) is 2.59. The number of nitrogens with zero attached hydrogens (tertiary/aromatic N) is 2. The molecule has 0 saturated heterocycles. The number of hydrogen-bond donors (Lipinski definition) is 2. The Hall–Kier alpha value is -2.05. The normalized spacial score (nSPS) is 12.6. The van der Waals surface area contributed by atoms with E-state index in [-0.39, 0.29) is 12.1 Å². The first-order valence-corrected chi connectivity index (χ1v) is 5.93. The molecule has 18 heavy (non-hydrogen) atoms. The van der Waals surface area contributed by atoms with E-state index in [9.17, 15) is 0 Å². The Labute approximate surface area is 105 Å². The summed E-state index contributed by atoms with van der Waals surface area (Å²) in [4.78, 5) is 14.2. The van der Waals surface area contributed by atoms with Crippen molar-refractivity contribution in [2.24, 2.45) is 0 Å². The van der Waals surface area contributed by atoms with Crippen LogP contribution in [-0.4, -0.2) is 28.2 Å². The zero-order valence-electron chi connectivity index (χ0n) is 10.8. The second kappa shape index (κ2) is 5.07. The minimum absolute atomic E-state index is 0.0627. The van der Waals surface area contributed by atoms with E-state index in [0.717, 1.165) is 12.8 Å². The monoisotopic (exact) mass is 252 g/mol. The second-order valence-electron chi connectivity index (χ2n) is 4.12. The minimum atomic E-state index is 0.0627. The fourth-order valence-corrected chi connectivity index (χ4v) is 1.72. The molecule has 0 aliphatic heterocycles. The maximum Gasteiger partial charge on any atom is 0.397 e. The standard InChI is InChI=1S/C11H17N5O2/c1-4-5-6(2)18-11-14-8(12)7-9(16-11)15-10(13-7)17-3/h6H,4-5H2,1-3H3,(H3,12,13,14,15,16)/p+1. The highest BCUT2D eigenvalue weighted by Crippen LogP contribution is 2.19. The number of nitrogens with one attached hydrogen (secondary N) is 2. The van der Waals surface area contributed by atoms with Gasteiger partial charge in [0.15, 0.2) is 5.82 Å². The van der Waals surface area contributed by atoms with Crippen LogP contribution in [0.1, 0.15) is 26.7 Å². The van der Waals surface area contributed by atoms with Crippen molar-refractivity contribution in [2.75, 3.05) is 12.8 Å². The summed E-state index contributed by atoms with van der Waals surface area (Å²) in [5, 5.41) is 0. The first-order valence-electron chi connectivity index (χ1n) is 5.93. The molecule has 0 bridgehead atoms. The number of aromatic amines is 2. The molecule has 98 valence electrons. The van der Waals surface area contributed by atoms with Crippen molar-refractivity contribution in [2.45, 2.75) is 32.8 Å². The number of anilines is 1. The van der Waals surface area contributed by atoms with Crippen molar-refractivity contribution in [1.29, 1.82) is 0 Å². The van der Waals surface area contributed by atoms with Crippen molar-refractivity contribution in [3.63, 3.8) is 0 Å². The van der Waals surface area contributed by atoms with Crippen LogP contribution in [0.5, 0.6) is 12.0 Å². The van der Waals surface area contributed by atoms with Gasteiger partial charge in [-0.15, -0.1) is 0 Å². The number of rotatable bonds is 5. The maximum atomic E-state index is 5.84. The van der Waals surface area contributed by atoms with Gasteiger partial charge in [-0.3, -0.25) is 0 Å². The summed E-state index contributed by atoms with van der Waals surface area (Å²) in [5.74, 6) is 0.332. The van der Waals surface area contributed by atoms with E-state index in [4.69, 9.17) is 15.2 Å². The summed E-state index contributed by atoms with van der Waals surface area (Å²) in [5.41, 5.74) is 7.02. The molecule has 0 spiro atoms. The highest BCUT2D eigenvalue weighted by atomic mass is 16.5. The molecule has 4 N–H and O–H groups in total. The minimum Gasteiger partial charge on any atom is -0.448 e. The molecule has 0 radical (unpaired) electrons. The van der Waals surface area contributed by atoms with E-state index < -0.39 is 0 Å². The van der Waals surface area contributed by atoms with Crippen LogP contribution < -0.4 is 20.2 Å². The van der Waals surface area contributed by atoms with E-state index in [0.29, 0.717) is 23.0 Å². The van der Waals surface area contributed by atoms with Crippen LogP contribution in [0.3, 0.4) is 0 Å². The summed E-state index contributed by atoms with van der Waals surface area (Å²) in [7, 11) is 1.55. The van der Waals surface area contributed by atoms with Crippen LogP contribution in [0.15, 0.2) is 0 Å². The number of methoxy groups -OCH3 is 1. The number of hydrogen-bond acceptors (Lipinski definition) is 5. The van der Waals surface area contributed by atoms with Crippen LogP contribution in [0.2, 0.25) is 0 Å². The first-order chi connectivity index (χ1) is 8.63. The predicted molar refractivity (Wildman–Crippen MR) is 66.4 cm³/mol. The van der Waals surface area contributed by atoms with E-state index >= 15 is 0 Å². The van der Waals surface area contributed by atoms with Crippen molar-refractivity contribution >= 4 is 17.0 Å². The topological polar surface area (TPSA) is 100 Å². The Morgan fingerprint density at radius 1 is 1.44 bits per heavy atom. The highest BCUT2D eigenvalue weighted by Gasteiger charge is 2.19. The summed E-state index contributed by atoms with van der Waals surface area (Å²) < 4.78 is 10.6. The molecule has 2 rings (SSSR count). The van der Waals surface area contributed by atoms with Crippen LogP contribution in [0.25, 0.3) is 11.2 Å². The molecule has 0 aliphatic rings. The number of aromatic nitrogens is 4. The molecule has 7 heteroatoms. The molecule has 0 aromatic carbocycles. The quantitative estimate of drug-likeness (QED) is 0.824. The number of H-pyrrole nitrogens is 2. The average Bonchev–Trinajstić information content (AvgIpc) is 2.72. The Kier molecular flexibility index (Phi) is 3.50. The van der Waals surface area contributed by atoms with Gasteiger partial charge >= 0.3 is 17.7 Å². The number of nitrogen functional groups attached to an aromatic ring is 1. The van der Waals surface area contributed by atoms with Crippen molar-refractivity contribution in [1.82, 2.24) is 15.0 Å². The fraction of sp³-hybridized carbons (Fsp3) is 0.545. The van der Waals surface area contributed by atoms with Gasteiger partial charge in [0.25, 0.3) is 0 Å². The van der Waals surface area contributed by atoms with Crippen LogP contribution in [-0.2, 0) is 0 Å². The molecule has 0 amide bonds. The number of nitrogens with two attached hydrogens (primary N) is 1. The summed E-state index contributed by atoms with van der Waals surface area (Å²) >= 11 is 0. The van der Waals surface area contributed by atoms with E-state index in [2.05, 4.69) is 26.9 Å². The fourth-order valence-electron chi connectivity index (χ4n) is 1.72. The zero-order chi connectivity index (χ0) is 13.1. The van der Waals surface area contributed by atoms with Crippen molar-refractivity contribution in [3.05, 3.63) is 0 Å². The molecule has 0 aliphatic carbocycles. The van der Waals surface area contributed by atoms with Gasteiger partial charge in [0.2, 0.25) is 5.52 Å². The molecular formula is C11H18N5O2+. The lowest BCUT2D eigenvalue weighted by atomic mass is 10.2. The van der Waals surface area contributed by atoms with Gasteiger partial charge in [-0.2, -0.15) is 4.98 Å². The van der Waals surface area contributed by atoms with E-state index in [1.807, 2.05) is 6.92 Å². The predicted octanol–water partition coefficient (Wildman–Crippen LogP) is 0.930. The lowest BCUT2D eigenvalue weighted by Crippen LogP contribution is -2.14. The SMILES string of the molecule is CCCC(C)Oc1nc(N)c2[nH]c(OC)[nH+]c2n1. The number of fused-ring (bicyclic) bond motifs is 1. The maximum absolute atomic E-state index is 5.84.